The third-order valence-corrected chi connectivity index (χ3v) is 2.37. The Morgan fingerprint density at radius 2 is 2.00 bits per heavy atom. The number of hydrogen-bond acceptors (Lipinski definition) is 5. The van der Waals surface area contributed by atoms with Gasteiger partial charge in [0, 0.05) is 0 Å². The molecular formula is C6H6N2O6S. The van der Waals surface area contributed by atoms with Gasteiger partial charge in [-0.3, -0.25) is 4.55 Å². The van der Waals surface area contributed by atoms with Crippen LogP contribution in [0.5, 0.6) is 5.75 Å². The summed E-state index contributed by atoms with van der Waals surface area (Å²) >= 11 is 0. The number of hydrazine groups is 1. The lowest BCUT2D eigenvalue weighted by Crippen LogP contribution is -2.09. The zero-order chi connectivity index (χ0) is 11.6. The number of benzene rings is 1. The highest BCUT2D eigenvalue weighted by atomic mass is 32.2. The lowest BCUT2D eigenvalue weighted by Gasteiger charge is -2.04. The molecule has 1 aromatic carbocycles. The Hall–Kier alpha value is -1.87. The summed E-state index contributed by atoms with van der Waals surface area (Å²) in [5, 5.41) is 18.4. The first-order valence-electron chi connectivity index (χ1n) is 3.53. The molecule has 0 bridgehead atoms. The molecule has 0 saturated heterocycles. The lowest BCUT2D eigenvalue weighted by atomic mass is 10.3. The van der Waals surface area contributed by atoms with Crippen molar-refractivity contribution in [1.29, 1.82) is 0 Å². The maximum Gasteiger partial charge on any atom is 0.298 e. The van der Waals surface area contributed by atoms with E-state index in [9.17, 15) is 23.6 Å². The van der Waals surface area contributed by atoms with Crippen LogP contribution in [-0.2, 0) is 10.1 Å². The van der Waals surface area contributed by atoms with E-state index in [1.54, 1.807) is 5.43 Å². The predicted molar refractivity (Wildman–Crippen MR) is 48.5 cm³/mol. The highest BCUT2D eigenvalue weighted by molar-refractivity contribution is 7.86. The van der Waals surface area contributed by atoms with Crippen LogP contribution >= 0.6 is 0 Å². The fourth-order valence-electron chi connectivity index (χ4n) is 0.919. The van der Waals surface area contributed by atoms with Crippen LogP contribution in [0.3, 0.4) is 0 Å². The van der Waals surface area contributed by atoms with Gasteiger partial charge in [0.05, 0.1) is 0 Å². The molecule has 0 heterocycles. The van der Waals surface area contributed by atoms with Crippen molar-refractivity contribution < 1.29 is 23.1 Å². The molecule has 0 atom stereocenters. The molecule has 0 amide bonds. The first kappa shape index (κ1) is 11.2. The van der Waals surface area contributed by atoms with E-state index in [2.05, 4.69) is 0 Å². The van der Waals surface area contributed by atoms with Crippen LogP contribution in [0.4, 0.5) is 5.69 Å². The van der Waals surface area contributed by atoms with Crippen molar-refractivity contribution >= 4 is 15.8 Å². The number of phenols is 1. The summed E-state index contributed by atoms with van der Waals surface area (Å²) < 4.78 is 30.0. The van der Waals surface area contributed by atoms with Crippen LogP contribution in [0.1, 0.15) is 0 Å². The fourth-order valence-corrected chi connectivity index (χ4v) is 1.52. The summed E-state index contributed by atoms with van der Waals surface area (Å²) in [6, 6.07) is 3.14. The Bertz CT molecular complexity index is 496. The standard InChI is InChI=1S/C6H6N2O6S/c9-6-4(7-8(10)11)2-1-3-5(6)15(12,13)14/h1-3,7,9H,(H,12,13,14). The molecule has 15 heavy (non-hydrogen) atoms. The molecule has 9 heteroatoms. The van der Waals surface area contributed by atoms with Crippen LogP contribution in [0, 0.1) is 10.1 Å². The van der Waals surface area contributed by atoms with Gasteiger partial charge in [-0.2, -0.15) is 8.42 Å². The van der Waals surface area contributed by atoms with Crippen molar-refractivity contribution in [2.45, 2.75) is 4.90 Å². The second-order valence-corrected chi connectivity index (χ2v) is 3.89. The second-order valence-electron chi connectivity index (χ2n) is 2.50. The van der Waals surface area contributed by atoms with E-state index in [4.69, 9.17) is 4.55 Å². The molecule has 0 aliphatic rings. The fraction of sp³-hybridized carbons (Fsp3) is 0. The molecule has 0 fully saturated rings. The molecule has 1 rings (SSSR count). The van der Waals surface area contributed by atoms with E-state index in [0.717, 1.165) is 18.2 Å². The summed E-state index contributed by atoms with van der Waals surface area (Å²) in [5.41, 5.74) is 1.16. The number of para-hydroxylation sites is 1. The molecule has 0 unspecified atom stereocenters. The molecule has 0 radical (unpaired) electrons. The summed E-state index contributed by atoms with van der Waals surface area (Å²) in [6.45, 7) is 0. The van der Waals surface area contributed by atoms with Crippen LogP contribution in [0.25, 0.3) is 0 Å². The largest absolute Gasteiger partial charge is 0.504 e. The molecule has 8 nitrogen and oxygen atoms in total. The van der Waals surface area contributed by atoms with Crippen molar-refractivity contribution in [2.24, 2.45) is 0 Å². The van der Waals surface area contributed by atoms with Gasteiger partial charge in [-0.15, -0.1) is 5.43 Å². The highest BCUT2D eigenvalue weighted by Crippen LogP contribution is 2.30. The van der Waals surface area contributed by atoms with Crippen molar-refractivity contribution in [1.82, 2.24) is 0 Å². The monoisotopic (exact) mass is 234 g/mol. The highest BCUT2D eigenvalue weighted by Gasteiger charge is 2.19. The van der Waals surface area contributed by atoms with Gasteiger partial charge < -0.3 is 5.11 Å². The third kappa shape index (κ3) is 2.54. The van der Waals surface area contributed by atoms with Gasteiger partial charge in [0.1, 0.15) is 10.6 Å². The van der Waals surface area contributed by atoms with E-state index in [1.807, 2.05) is 0 Å². The van der Waals surface area contributed by atoms with E-state index in [-0.39, 0.29) is 0 Å². The minimum absolute atomic E-state index is 0.421. The van der Waals surface area contributed by atoms with Gasteiger partial charge in [0.15, 0.2) is 10.8 Å². The molecule has 82 valence electrons. The minimum atomic E-state index is -4.60. The number of hydrogen-bond donors (Lipinski definition) is 3. The minimum Gasteiger partial charge on any atom is -0.504 e. The average molecular weight is 234 g/mol. The van der Waals surface area contributed by atoms with Crippen LogP contribution in [0.15, 0.2) is 23.1 Å². The molecule has 0 aliphatic carbocycles. The normalized spacial score (nSPS) is 11.0. The number of nitrogens with zero attached hydrogens (tertiary/aromatic N) is 1. The van der Waals surface area contributed by atoms with Gasteiger partial charge in [-0.25, -0.2) is 10.1 Å². The quantitative estimate of drug-likeness (QED) is 0.295. The molecule has 0 spiro atoms. The van der Waals surface area contributed by atoms with Gasteiger partial charge in [-0.1, -0.05) is 6.07 Å². The van der Waals surface area contributed by atoms with E-state index < -0.39 is 31.5 Å². The molecule has 0 saturated carbocycles. The summed E-state index contributed by atoms with van der Waals surface area (Å²) in [5.74, 6) is -0.906. The molecule has 0 aromatic heterocycles. The number of rotatable bonds is 3. The first-order valence-corrected chi connectivity index (χ1v) is 4.97. The number of aromatic hydroxyl groups is 1. The number of phenolic OH excluding ortho intramolecular Hbond substituents is 1. The first-order chi connectivity index (χ1) is 6.82. The average Bonchev–Trinajstić information content (AvgIpc) is 2.05. The topological polar surface area (TPSA) is 130 Å². The summed E-state index contributed by atoms with van der Waals surface area (Å²) in [6.07, 6.45) is 0. The Labute approximate surface area is 84.0 Å². The van der Waals surface area contributed by atoms with Crippen LogP contribution in [0.2, 0.25) is 0 Å². The van der Waals surface area contributed by atoms with Crippen molar-refractivity contribution in [3.63, 3.8) is 0 Å². The van der Waals surface area contributed by atoms with Crippen LogP contribution < -0.4 is 5.43 Å². The summed E-state index contributed by atoms with van der Waals surface area (Å²) in [7, 11) is -4.60. The molecule has 1 aromatic rings. The van der Waals surface area contributed by atoms with E-state index in [1.165, 1.54) is 0 Å². The zero-order valence-electron chi connectivity index (χ0n) is 7.11. The Kier molecular flexibility index (Phi) is 2.77. The van der Waals surface area contributed by atoms with E-state index >= 15 is 0 Å². The maximum absolute atomic E-state index is 10.7. The van der Waals surface area contributed by atoms with Crippen molar-refractivity contribution in [3.8, 4) is 5.75 Å². The summed E-state index contributed by atoms with van der Waals surface area (Å²) in [4.78, 5) is 9.26. The third-order valence-electron chi connectivity index (χ3n) is 1.49. The van der Waals surface area contributed by atoms with Gasteiger partial charge >= 0.3 is 0 Å². The maximum atomic E-state index is 10.7. The van der Waals surface area contributed by atoms with Gasteiger partial charge in [0.2, 0.25) is 0 Å². The SMILES string of the molecule is O=[N+]([O-])Nc1cccc(S(=O)(=O)O)c1O. The van der Waals surface area contributed by atoms with Gasteiger partial charge in [0.25, 0.3) is 10.1 Å². The lowest BCUT2D eigenvalue weighted by molar-refractivity contribution is -0.445. The number of nitrogens with one attached hydrogen (secondary N) is 1. The van der Waals surface area contributed by atoms with E-state index in [0.29, 0.717) is 0 Å². The number of nitro groups is 1. The van der Waals surface area contributed by atoms with Crippen LogP contribution in [-0.4, -0.2) is 23.1 Å². The Morgan fingerprint density at radius 3 is 2.47 bits per heavy atom. The molecule has 0 aliphatic heterocycles. The number of anilines is 1. The van der Waals surface area contributed by atoms with Crippen molar-refractivity contribution in [3.05, 3.63) is 28.3 Å². The zero-order valence-corrected chi connectivity index (χ0v) is 7.93. The van der Waals surface area contributed by atoms with Gasteiger partial charge in [-0.05, 0) is 12.1 Å². The molecular weight excluding hydrogens is 228 g/mol. The second kappa shape index (κ2) is 3.71. The van der Waals surface area contributed by atoms with Crippen molar-refractivity contribution in [2.75, 3.05) is 5.43 Å². The Morgan fingerprint density at radius 1 is 1.40 bits per heavy atom. The molecule has 3 N–H and O–H groups in total. The Balaban J connectivity index is 3.30. The smallest absolute Gasteiger partial charge is 0.298 e. The predicted octanol–water partition coefficient (Wildman–Crippen LogP) is 0.242.